The standard InChI is InChI=1S/C24H25ClN4O8S2/c1-14-8-11-20(37-14)23-26-27-24(29(23)22-18(35-2)6-5-7-19(22)36-3)28-39(33,34)13-17(30)16-10-9-15(25)12-21(16)38(4,31)32/h5-12,17,30H,13H2,1-4H3,(H,27,28)/t17-/m0/s1. The summed E-state index contributed by atoms with van der Waals surface area (Å²) in [6.07, 6.45) is -0.781. The van der Waals surface area contributed by atoms with Crippen LogP contribution in [-0.2, 0) is 19.9 Å². The van der Waals surface area contributed by atoms with E-state index in [9.17, 15) is 21.9 Å². The van der Waals surface area contributed by atoms with E-state index in [1.54, 1.807) is 37.3 Å². The monoisotopic (exact) mass is 596 g/mol. The first-order chi connectivity index (χ1) is 18.3. The van der Waals surface area contributed by atoms with E-state index in [0.717, 1.165) is 12.3 Å². The number of furan rings is 1. The van der Waals surface area contributed by atoms with Gasteiger partial charge in [-0.2, -0.15) is 0 Å². The van der Waals surface area contributed by atoms with Crippen LogP contribution in [0.3, 0.4) is 0 Å². The van der Waals surface area contributed by atoms with Crippen LogP contribution in [0.15, 0.2) is 57.8 Å². The highest BCUT2D eigenvalue weighted by Gasteiger charge is 2.29. The minimum atomic E-state index is -4.35. The van der Waals surface area contributed by atoms with Gasteiger partial charge in [0.25, 0.3) is 0 Å². The van der Waals surface area contributed by atoms with Gasteiger partial charge in [0.15, 0.2) is 15.6 Å². The smallest absolute Gasteiger partial charge is 0.243 e. The first-order valence-electron chi connectivity index (χ1n) is 11.3. The number of methoxy groups -OCH3 is 2. The molecule has 15 heteroatoms. The van der Waals surface area contributed by atoms with E-state index in [4.69, 9.17) is 25.5 Å². The number of para-hydroxylation sites is 1. The number of ether oxygens (including phenoxy) is 2. The number of rotatable bonds is 10. The molecule has 0 fully saturated rings. The maximum Gasteiger partial charge on any atom is 0.243 e. The maximum atomic E-state index is 13.2. The molecule has 2 aromatic carbocycles. The van der Waals surface area contributed by atoms with Gasteiger partial charge in [0.1, 0.15) is 22.9 Å². The zero-order chi connectivity index (χ0) is 28.5. The predicted octanol–water partition coefficient (Wildman–Crippen LogP) is 3.39. The normalized spacial score (nSPS) is 12.8. The molecule has 0 bridgehead atoms. The summed E-state index contributed by atoms with van der Waals surface area (Å²) >= 11 is 5.92. The molecule has 0 saturated carbocycles. The molecule has 0 aliphatic heterocycles. The molecule has 0 radical (unpaired) electrons. The lowest BCUT2D eigenvalue weighted by atomic mass is 10.1. The van der Waals surface area contributed by atoms with Crippen LogP contribution in [0.5, 0.6) is 11.5 Å². The second kappa shape index (κ2) is 10.9. The van der Waals surface area contributed by atoms with Crippen LogP contribution in [0.2, 0.25) is 5.02 Å². The van der Waals surface area contributed by atoms with Gasteiger partial charge >= 0.3 is 0 Å². The Morgan fingerprint density at radius 2 is 1.72 bits per heavy atom. The number of hydrogen-bond donors (Lipinski definition) is 2. The average molecular weight is 597 g/mol. The van der Waals surface area contributed by atoms with Crippen LogP contribution in [0.25, 0.3) is 17.3 Å². The minimum Gasteiger partial charge on any atom is -0.494 e. The molecule has 208 valence electrons. The van der Waals surface area contributed by atoms with Gasteiger partial charge in [-0.25, -0.2) is 16.8 Å². The van der Waals surface area contributed by atoms with Crippen LogP contribution in [0.4, 0.5) is 5.95 Å². The quantitative estimate of drug-likeness (QED) is 0.277. The largest absolute Gasteiger partial charge is 0.494 e. The van der Waals surface area contributed by atoms with Gasteiger partial charge < -0.3 is 19.0 Å². The summed E-state index contributed by atoms with van der Waals surface area (Å²) in [5.74, 6) is 0.493. The number of aliphatic hydroxyl groups is 1. The first-order valence-corrected chi connectivity index (χ1v) is 15.2. The molecular weight excluding hydrogens is 572 g/mol. The van der Waals surface area contributed by atoms with Crippen LogP contribution >= 0.6 is 11.6 Å². The Bertz CT molecular complexity index is 1710. The van der Waals surface area contributed by atoms with E-state index in [1.165, 1.54) is 30.9 Å². The van der Waals surface area contributed by atoms with Gasteiger partial charge in [-0.1, -0.05) is 23.7 Å². The van der Waals surface area contributed by atoms with Crippen molar-refractivity contribution in [3.63, 3.8) is 0 Å². The Morgan fingerprint density at radius 1 is 1.05 bits per heavy atom. The summed E-state index contributed by atoms with van der Waals surface area (Å²) in [7, 11) is -5.30. The number of nitrogens with zero attached hydrogens (tertiary/aromatic N) is 3. The summed E-state index contributed by atoms with van der Waals surface area (Å²) in [4.78, 5) is -0.282. The number of sulfone groups is 1. The fourth-order valence-electron chi connectivity index (χ4n) is 3.91. The van der Waals surface area contributed by atoms with E-state index in [-0.39, 0.29) is 38.7 Å². The third-order valence-corrected chi connectivity index (χ3v) is 8.24. The number of halogens is 1. The van der Waals surface area contributed by atoms with Crippen molar-refractivity contribution < 1.29 is 35.8 Å². The van der Waals surface area contributed by atoms with Gasteiger partial charge in [0.2, 0.25) is 21.8 Å². The second-order valence-corrected chi connectivity index (χ2v) is 12.6. The molecule has 2 aromatic heterocycles. The third-order valence-electron chi connectivity index (χ3n) is 5.61. The summed E-state index contributed by atoms with van der Waals surface area (Å²) in [6.45, 7) is 1.74. The van der Waals surface area contributed by atoms with Crippen LogP contribution in [-0.4, -0.2) is 62.9 Å². The molecule has 12 nitrogen and oxygen atoms in total. The first kappa shape index (κ1) is 28.4. The fourth-order valence-corrected chi connectivity index (χ4v) is 6.21. The molecule has 0 saturated heterocycles. The Kier molecular flexibility index (Phi) is 7.93. The second-order valence-electron chi connectivity index (χ2n) is 8.46. The number of hydrogen-bond acceptors (Lipinski definition) is 10. The van der Waals surface area contributed by atoms with Gasteiger partial charge in [-0.3, -0.25) is 9.29 Å². The van der Waals surface area contributed by atoms with Crippen LogP contribution in [0, 0.1) is 6.92 Å². The van der Waals surface area contributed by atoms with Crippen molar-refractivity contribution in [2.75, 3.05) is 31.0 Å². The highest BCUT2D eigenvalue weighted by Crippen LogP contribution is 2.38. The molecule has 2 heterocycles. The summed E-state index contributed by atoms with van der Waals surface area (Å²) < 4.78 is 71.3. The third kappa shape index (κ3) is 6.03. The van der Waals surface area contributed by atoms with E-state index in [2.05, 4.69) is 14.9 Å². The molecule has 0 aliphatic carbocycles. The van der Waals surface area contributed by atoms with Gasteiger partial charge in [0, 0.05) is 16.8 Å². The van der Waals surface area contributed by atoms with E-state index >= 15 is 0 Å². The summed E-state index contributed by atoms with van der Waals surface area (Å²) in [6, 6.07) is 12.1. The molecule has 0 spiro atoms. The number of benzene rings is 2. The van der Waals surface area contributed by atoms with E-state index in [1.807, 2.05) is 0 Å². The van der Waals surface area contributed by atoms with Crippen molar-refractivity contribution in [3.8, 4) is 28.8 Å². The highest BCUT2D eigenvalue weighted by atomic mass is 35.5. The van der Waals surface area contributed by atoms with Gasteiger partial charge in [-0.15, -0.1) is 10.2 Å². The molecule has 39 heavy (non-hydrogen) atoms. The maximum absolute atomic E-state index is 13.2. The number of aliphatic hydroxyl groups excluding tert-OH is 1. The van der Waals surface area contributed by atoms with Crippen molar-refractivity contribution in [2.24, 2.45) is 0 Å². The minimum absolute atomic E-state index is 0.118. The van der Waals surface area contributed by atoms with E-state index < -0.39 is 31.7 Å². The van der Waals surface area contributed by atoms with Crippen molar-refractivity contribution >= 4 is 37.4 Å². The zero-order valence-corrected chi connectivity index (χ0v) is 23.6. The van der Waals surface area contributed by atoms with Crippen molar-refractivity contribution in [3.05, 3.63) is 64.9 Å². The number of anilines is 1. The Balaban J connectivity index is 1.79. The fraction of sp³-hybridized carbons (Fsp3) is 0.250. The zero-order valence-electron chi connectivity index (χ0n) is 21.2. The topological polar surface area (TPSA) is 163 Å². The van der Waals surface area contributed by atoms with Gasteiger partial charge in [-0.05, 0) is 43.3 Å². The lowest BCUT2D eigenvalue weighted by molar-refractivity contribution is 0.198. The summed E-state index contributed by atoms with van der Waals surface area (Å²) in [5.41, 5.74) is 0.166. The number of aryl methyl sites for hydroxylation is 1. The Morgan fingerprint density at radius 3 is 2.28 bits per heavy atom. The van der Waals surface area contributed by atoms with E-state index in [0.29, 0.717) is 17.3 Å². The Hall–Kier alpha value is -3.59. The van der Waals surface area contributed by atoms with Crippen LogP contribution in [0.1, 0.15) is 17.4 Å². The van der Waals surface area contributed by atoms with Gasteiger partial charge in [0.05, 0.1) is 31.0 Å². The molecule has 2 N–H and O–H groups in total. The predicted molar refractivity (Wildman–Crippen MR) is 144 cm³/mol. The molecule has 0 unspecified atom stereocenters. The van der Waals surface area contributed by atoms with Crippen molar-refractivity contribution in [2.45, 2.75) is 17.9 Å². The lowest BCUT2D eigenvalue weighted by Crippen LogP contribution is -2.24. The summed E-state index contributed by atoms with van der Waals surface area (Å²) in [5, 5.41) is 19.0. The molecule has 4 aromatic rings. The lowest BCUT2D eigenvalue weighted by Gasteiger charge is -2.18. The van der Waals surface area contributed by atoms with Crippen LogP contribution < -0.4 is 14.2 Å². The molecule has 4 rings (SSSR count). The molecule has 1 atom stereocenters. The number of sulfonamides is 1. The number of aromatic nitrogens is 3. The average Bonchev–Trinajstić information content (AvgIpc) is 3.47. The number of nitrogens with one attached hydrogen (secondary N) is 1. The highest BCUT2D eigenvalue weighted by molar-refractivity contribution is 7.92. The molecule has 0 aliphatic rings. The molecular formula is C24H25ClN4O8S2. The Labute approximate surface area is 230 Å². The molecule has 0 amide bonds. The van der Waals surface area contributed by atoms with Crippen molar-refractivity contribution in [1.29, 1.82) is 0 Å². The SMILES string of the molecule is COc1cccc(OC)c1-n1c(NS(=O)(=O)C[C@H](O)c2ccc(Cl)cc2S(C)(=O)=O)nnc1-c1ccc(C)o1. The van der Waals surface area contributed by atoms with Crippen molar-refractivity contribution in [1.82, 2.24) is 14.8 Å².